The third-order valence-electron chi connectivity index (χ3n) is 5.73. The molecule has 0 spiro atoms. The van der Waals surface area contributed by atoms with Gasteiger partial charge in [-0.25, -0.2) is 4.79 Å². The van der Waals surface area contributed by atoms with E-state index in [2.05, 4.69) is 10.6 Å². The second-order valence-electron chi connectivity index (χ2n) is 8.33. The van der Waals surface area contributed by atoms with Gasteiger partial charge in [-0.2, -0.15) is 0 Å². The standard InChI is InChI=1S/C26H24Cl2N2O7S/c27-19-4-1-5-20(28)18(19)13-35-16-8-6-15(7-9-16)11-21(26(33)34)30-25(32)23-22(36-14-37-23)24(31)29-12-17-3-2-10-38-17/h1-10,21-23H,11-14H2,(H,29,31)(H,30,32)(H,33,34)/t21-,22+,23+/m0/s1. The Bertz CT molecular complexity index is 1250. The minimum Gasteiger partial charge on any atom is -0.489 e. The number of thiophene rings is 1. The largest absolute Gasteiger partial charge is 0.489 e. The monoisotopic (exact) mass is 578 g/mol. The van der Waals surface area contributed by atoms with Crippen LogP contribution >= 0.6 is 34.5 Å². The van der Waals surface area contributed by atoms with Crippen molar-refractivity contribution < 1.29 is 33.7 Å². The first-order valence-electron chi connectivity index (χ1n) is 11.5. The third kappa shape index (κ3) is 7.24. The molecule has 1 saturated heterocycles. The Morgan fingerprint density at radius 3 is 2.32 bits per heavy atom. The van der Waals surface area contributed by atoms with Crippen molar-refractivity contribution in [2.75, 3.05) is 6.79 Å². The van der Waals surface area contributed by atoms with Crippen LogP contribution in [0.15, 0.2) is 60.0 Å². The van der Waals surface area contributed by atoms with Crippen LogP contribution in [0.4, 0.5) is 0 Å². The molecule has 12 heteroatoms. The molecule has 200 valence electrons. The van der Waals surface area contributed by atoms with Crippen LogP contribution in [0.2, 0.25) is 10.0 Å². The molecule has 9 nitrogen and oxygen atoms in total. The fourth-order valence-electron chi connectivity index (χ4n) is 3.71. The van der Waals surface area contributed by atoms with Gasteiger partial charge < -0.3 is 30.0 Å². The van der Waals surface area contributed by atoms with Crippen molar-refractivity contribution in [1.29, 1.82) is 0 Å². The zero-order chi connectivity index (χ0) is 27.1. The number of halogens is 2. The number of nitrogens with one attached hydrogen (secondary N) is 2. The van der Waals surface area contributed by atoms with E-state index < -0.39 is 36.0 Å². The van der Waals surface area contributed by atoms with Gasteiger partial charge in [-0.1, -0.05) is 47.5 Å². The summed E-state index contributed by atoms with van der Waals surface area (Å²) in [7, 11) is 0. The summed E-state index contributed by atoms with van der Waals surface area (Å²) in [4.78, 5) is 38.2. The molecule has 0 radical (unpaired) electrons. The summed E-state index contributed by atoms with van der Waals surface area (Å²) < 4.78 is 16.3. The van der Waals surface area contributed by atoms with Gasteiger partial charge in [-0.3, -0.25) is 9.59 Å². The molecule has 2 heterocycles. The van der Waals surface area contributed by atoms with E-state index in [1.807, 2.05) is 17.5 Å². The first kappa shape index (κ1) is 27.9. The van der Waals surface area contributed by atoms with E-state index in [1.54, 1.807) is 42.5 Å². The Morgan fingerprint density at radius 2 is 1.68 bits per heavy atom. The van der Waals surface area contributed by atoms with E-state index in [-0.39, 0.29) is 26.4 Å². The molecule has 1 aliphatic heterocycles. The molecular weight excluding hydrogens is 555 g/mol. The van der Waals surface area contributed by atoms with Crippen LogP contribution < -0.4 is 15.4 Å². The molecular formula is C26H24Cl2N2O7S. The minimum absolute atomic E-state index is 0.000509. The predicted molar refractivity (Wildman–Crippen MR) is 141 cm³/mol. The number of hydrogen-bond acceptors (Lipinski definition) is 7. The van der Waals surface area contributed by atoms with Crippen molar-refractivity contribution >= 4 is 52.3 Å². The van der Waals surface area contributed by atoms with Gasteiger partial charge in [0.15, 0.2) is 12.2 Å². The number of carboxylic acid groups (broad SMARTS) is 1. The van der Waals surface area contributed by atoms with E-state index in [0.717, 1.165) is 4.88 Å². The fraction of sp³-hybridized carbons (Fsp3) is 0.269. The number of ether oxygens (including phenoxy) is 3. The van der Waals surface area contributed by atoms with Crippen LogP contribution in [0.5, 0.6) is 5.75 Å². The smallest absolute Gasteiger partial charge is 0.326 e. The van der Waals surface area contributed by atoms with Crippen LogP contribution in [0, 0.1) is 0 Å². The lowest BCUT2D eigenvalue weighted by Crippen LogP contribution is -2.52. The molecule has 4 rings (SSSR count). The highest BCUT2D eigenvalue weighted by Crippen LogP contribution is 2.26. The summed E-state index contributed by atoms with van der Waals surface area (Å²) in [6.45, 7) is 0.193. The highest BCUT2D eigenvalue weighted by atomic mass is 35.5. The number of rotatable bonds is 11. The van der Waals surface area contributed by atoms with E-state index in [9.17, 15) is 19.5 Å². The van der Waals surface area contributed by atoms with Gasteiger partial charge >= 0.3 is 5.97 Å². The number of amides is 2. The second-order valence-corrected chi connectivity index (χ2v) is 10.2. The van der Waals surface area contributed by atoms with E-state index in [4.69, 9.17) is 37.4 Å². The molecule has 0 unspecified atom stereocenters. The lowest BCUT2D eigenvalue weighted by Gasteiger charge is -2.20. The second kappa shape index (κ2) is 13.1. The highest BCUT2D eigenvalue weighted by Gasteiger charge is 2.41. The number of carbonyl (C=O) groups excluding carboxylic acids is 2. The molecule has 3 atom stereocenters. The lowest BCUT2D eigenvalue weighted by atomic mass is 10.0. The first-order valence-corrected chi connectivity index (χ1v) is 13.2. The van der Waals surface area contributed by atoms with E-state index in [0.29, 0.717) is 26.9 Å². The summed E-state index contributed by atoms with van der Waals surface area (Å²) in [6, 6.07) is 14.4. The Hall–Kier alpha value is -3.15. The molecule has 1 aromatic heterocycles. The number of carbonyl (C=O) groups is 3. The van der Waals surface area contributed by atoms with Crippen LogP contribution in [0.25, 0.3) is 0 Å². The van der Waals surface area contributed by atoms with Crippen molar-refractivity contribution in [1.82, 2.24) is 10.6 Å². The molecule has 3 aromatic rings. The van der Waals surface area contributed by atoms with Gasteiger partial charge in [0.05, 0.1) is 6.54 Å². The van der Waals surface area contributed by atoms with Crippen molar-refractivity contribution in [3.8, 4) is 5.75 Å². The Morgan fingerprint density at radius 1 is 1.00 bits per heavy atom. The SMILES string of the molecule is O=C(O)[C@H](Cc1ccc(OCc2c(Cl)cccc2Cl)cc1)NC(=O)[C@@H]1OCO[C@H]1C(=O)NCc1cccs1. The summed E-state index contributed by atoms with van der Waals surface area (Å²) in [5.74, 6) is -1.96. The lowest BCUT2D eigenvalue weighted by molar-refractivity contribution is -0.144. The topological polar surface area (TPSA) is 123 Å². The van der Waals surface area contributed by atoms with Crippen molar-refractivity contribution in [3.05, 3.63) is 86.0 Å². The minimum atomic E-state index is -1.27. The fourth-order valence-corrected chi connectivity index (χ4v) is 4.86. The van der Waals surface area contributed by atoms with Gasteiger partial charge in [-0.05, 0) is 41.3 Å². The predicted octanol–water partition coefficient (Wildman–Crippen LogP) is 3.80. The maximum Gasteiger partial charge on any atom is 0.326 e. The summed E-state index contributed by atoms with van der Waals surface area (Å²) >= 11 is 13.8. The maximum absolute atomic E-state index is 12.8. The summed E-state index contributed by atoms with van der Waals surface area (Å²) in [5, 5.41) is 17.7. The first-order chi connectivity index (χ1) is 18.3. The third-order valence-corrected chi connectivity index (χ3v) is 7.31. The van der Waals surface area contributed by atoms with Gasteiger partial charge in [0.25, 0.3) is 11.8 Å². The number of benzene rings is 2. The Kier molecular flexibility index (Phi) is 9.59. The van der Waals surface area contributed by atoms with Gasteiger partial charge in [0.2, 0.25) is 0 Å². The van der Waals surface area contributed by atoms with Crippen LogP contribution in [-0.4, -0.2) is 47.9 Å². The Balaban J connectivity index is 1.32. The van der Waals surface area contributed by atoms with Gasteiger partial charge in [0.1, 0.15) is 25.2 Å². The van der Waals surface area contributed by atoms with Crippen molar-refractivity contribution in [3.63, 3.8) is 0 Å². The van der Waals surface area contributed by atoms with Gasteiger partial charge in [0, 0.05) is 26.9 Å². The molecule has 1 aliphatic rings. The number of hydrogen-bond donors (Lipinski definition) is 3. The van der Waals surface area contributed by atoms with Crippen LogP contribution in [0.1, 0.15) is 16.0 Å². The molecule has 2 aromatic carbocycles. The molecule has 0 bridgehead atoms. The van der Waals surface area contributed by atoms with E-state index >= 15 is 0 Å². The quantitative estimate of drug-likeness (QED) is 0.316. The highest BCUT2D eigenvalue weighted by molar-refractivity contribution is 7.09. The average molecular weight is 579 g/mol. The van der Waals surface area contributed by atoms with Crippen molar-refractivity contribution in [2.45, 2.75) is 37.8 Å². The van der Waals surface area contributed by atoms with Crippen molar-refractivity contribution in [2.24, 2.45) is 0 Å². The number of carboxylic acids is 1. The maximum atomic E-state index is 12.8. The van der Waals surface area contributed by atoms with Crippen LogP contribution in [-0.2, 0) is 43.4 Å². The Labute approximate surface area is 232 Å². The molecule has 2 amide bonds. The van der Waals surface area contributed by atoms with Gasteiger partial charge in [-0.15, -0.1) is 11.3 Å². The zero-order valence-corrected chi connectivity index (χ0v) is 22.2. The molecule has 1 fully saturated rings. The normalized spacial score (nSPS) is 17.5. The molecule has 0 aliphatic carbocycles. The molecule has 0 saturated carbocycles. The van der Waals surface area contributed by atoms with E-state index in [1.165, 1.54) is 11.3 Å². The average Bonchev–Trinajstić information content (AvgIpc) is 3.60. The number of aliphatic carboxylic acids is 1. The molecule has 3 N–H and O–H groups in total. The summed E-state index contributed by atoms with van der Waals surface area (Å²) in [5.41, 5.74) is 1.31. The van der Waals surface area contributed by atoms with Crippen LogP contribution in [0.3, 0.4) is 0 Å². The zero-order valence-electron chi connectivity index (χ0n) is 19.9. The molecule has 38 heavy (non-hydrogen) atoms. The summed E-state index contributed by atoms with van der Waals surface area (Å²) in [6.07, 6.45) is -2.46.